The van der Waals surface area contributed by atoms with Gasteiger partial charge in [-0.25, -0.2) is 9.78 Å². The van der Waals surface area contributed by atoms with E-state index in [0.29, 0.717) is 11.1 Å². The summed E-state index contributed by atoms with van der Waals surface area (Å²) in [4.78, 5) is 68.2. The standard InChI is InChI=1S/C33H26F3N3O9/c1-39(2)28(41)24-16-26(48-31(46)47-18-32(29(42)43,30(44)45)20-8-4-3-5-9-20)37-17-25(24)38-27(40)23-11-7-6-10-22(23)19-12-14-21(15-13-19)33(34,35)36/h3-17H,18H2,1-2H3,(H,38,40)(H,42,43)(H,44,45). The normalized spacial score (nSPS) is 11.3. The van der Waals surface area contributed by atoms with E-state index in [2.05, 4.69) is 10.3 Å². The highest BCUT2D eigenvalue weighted by molar-refractivity contribution is 6.11. The van der Waals surface area contributed by atoms with Crippen molar-refractivity contribution in [2.45, 2.75) is 11.6 Å². The van der Waals surface area contributed by atoms with Crippen molar-refractivity contribution in [1.29, 1.82) is 0 Å². The van der Waals surface area contributed by atoms with Crippen LogP contribution in [0.25, 0.3) is 11.1 Å². The number of anilines is 1. The third-order valence-electron chi connectivity index (χ3n) is 7.05. The van der Waals surface area contributed by atoms with E-state index in [9.17, 15) is 47.4 Å². The fourth-order valence-corrected chi connectivity index (χ4v) is 4.52. The minimum absolute atomic E-state index is 0.0585. The van der Waals surface area contributed by atoms with Crippen molar-refractivity contribution >= 4 is 35.6 Å². The first-order chi connectivity index (χ1) is 22.6. The molecule has 4 rings (SSSR count). The summed E-state index contributed by atoms with van der Waals surface area (Å²) in [6.07, 6.45) is -5.08. The molecule has 0 atom stereocenters. The van der Waals surface area contributed by atoms with Crippen LogP contribution < -0.4 is 10.1 Å². The van der Waals surface area contributed by atoms with Crippen LogP contribution in [0.2, 0.25) is 0 Å². The number of carbonyl (C=O) groups is 5. The second kappa shape index (κ2) is 14.0. The molecule has 1 aromatic heterocycles. The molecular weight excluding hydrogens is 639 g/mol. The molecule has 248 valence electrons. The van der Waals surface area contributed by atoms with Crippen LogP contribution in [0.4, 0.5) is 23.7 Å². The van der Waals surface area contributed by atoms with Gasteiger partial charge in [-0.2, -0.15) is 13.2 Å². The minimum atomic E-state index is -4.55. The largest absolute Gasteiger partial charge is 0.515 e. The van der Waals surface area contributed by atoms with Crippen molar-refractivity contribution in [2.24, 2.45) is 0 Å². The number of carboxylic acids is 2. The predicted octanol–water partition coefficient (Wildman–Crippen LogP) is 5.34. The number of nitrogens with one attached hydrogen (secondary N) is 1. The molecule has 0 spiro atoms. The van der Waals surface area contributed by atoms with E-state index >= 15 is 0 Å². The second-order valence-electron chi connectivity index (χ2n) is 10.4. The lowest BCUT2D eigenvalue weighted by Gasteiger charge is -2.24. The summed E-state index contributed by atoms with van der Waals surface area (Å²) in [6.45, 7) is -1.16. The summed E-state index contributed by atoms with van der Waals surface area (Å²) in [5.74, 6) is -5.52. The number of alkyl halides is 3. The van der Waals surface area contributed by atoms with Gasteiger partial charge >= 0.3 is 24.3 Å². The third-order valence-corrected chi connectivity index (χ3v) is 7.05. The zero-order valence-corrected chi connectivity index (χ0v) is 25.1. The summed E-state index contributed by atoms with van der Waals surface area (Å²) in [5, 5.41) is 22.1. The Balaban J connectivity index is 1.58. The van der Waals surface area contributed by atoms with Crippen LogP contribution in [-0.2, 0) is 25.9 Å². The van der Waals surface area contributed by atoms with Gasteiger partial charge in [0, 0.05) is 25.7 Å². The lowest BCUT2D eigenvalue weighted by Crippen LogP contribution is -2.48. The van der Waals surface area contributed by atoms with Crippen LogP contribution in [-0.4, -0.2) is 70.7 Å². The fourth-order valence-electron chi connectivity index (χ4n) is 4.52. The van der Waals surface area contributed by atoms with E-state index in [1.165, 1.54) is 74.8 Å². The summed E-state index contributed by atoms with van der Waals surface area (Å²) in [6, 6.07) is 18.2. The third kappa shape index (κ3) is 7.41. The second-order valence-corrected chi connectivity index (χ2v) is 10.4. The molecule has 0 bridgehead atoms. The molecule has 0 fully saturated rings. The number of carboxylic acid groups (broad SMARTS) is 2. The van der Waals surface area contributed by atoms with Gasteiger partial charge in [-0.15, -0.1) is 0 Å². The average Bonchev–Trinajstić information content (AvgIpc) is 3.05. The molecule has 3 aromatic carbocycles. The number of carbonyl (C=O) groups excluding carboxylic acids is 3. The Morgan fingerprint density at radius 3 is 2.00 bits per heavy atom. The SMILES string of the molecule is CN(C)C(=O)c1cc(OC(=O)OCC(C(=O)O)(C(=O)O)c2ccccc2)ncc1NC(=O)c1ccccc1-c1ccc(C(F)(F)F)cc1. The first-order valence-electron chi connectivity index (χ1n) is 13.8. The number of rotatable bonds is 10. The number of halogens is 3. The van der Waals surface area contributed by atoms with E-state index in [-0.39, 0.29) is 22.4 Å². The lowest BCUT2D eigenvalue weighted by atomic mass is 9.81. The number of benzene rings is 3. The Morgan fingerprint density at radius 1 is 0.812 bits per heavy atom. The highest BCUT2D eigenvalue weighted by Crippen LogP contribution is 2.32. The van der Waals surface area contributed by atoms with Crippen LogP contribution >= 0.6 is 0 Å². The van der Waals surface area contributed by atoms with E-state index in [1.807, 2.05) is 0 Å². The van der Waals surface area contributed by atoms with Crippen molar-refractivity contribution in [3.05, 3.63) is 113 Å². The highest BCUT2D eigenvalue weighted by Gasteiger charge is 2.50. The maximum absolute atomic E-state index is 13.4. The minimum Gasteiger partial charge on any atom is -0.480 e. The van der Waals surface area contributed by atoms with Crippen molar-refractivity contribution in [3.63, 3.8) is 0 Å². The summed E-state index contributed by atoms with van der Waals surface area (Å²) < 4.78 is 49.1. The maximum atomic E-state index is 13.4. The smallest absolute Gasteiger partial charge is 0.480 e. The molecule has 0 aliphatic heterocycles. The molecule has 0 unspecified atom stereocenters. The number of amides is 2. The van der Waals surface area contributed by atoms with Gasteiger partial charge in [0.15, 0.2) is 0 Å². The molecule has 0 aliphatic carbocycles. The molecule has 0 saturated heterocycles. The number of ether oxygens (including phenoxy) is 2. The molecule has 0 radical (unpaired) electrons. The zero-order chi connectivity index (χ0) is 35.2. The quantitative estimate of drug-likeness (QED) is 0.148. The number of pyridine rings is 1. The lowest BCUT2D eigenvalue weighted by molar-refractivity contribution is -0.160. The van der Waals surface area contributed by atoms with Gasteiger partial charge in [0.1, 0.15) is 6.61 Å². The molecule has 48 heavy (non-hydrogen) atoms. The van der Waals surface area contributed by atoms with Gasteiger partial charge in [0.05, 0.1) is 23.0 Å². The predicted molar refractivity (Wildman–Crippen MR) is 162 cm³/mol. The number of nitrogens with zero attached hydrogens (tertiary/aromatic N) is 2. The maximum Gasteiger partial charge on any atom is 0.515 e. The monoisotopic (exact) mass is 665 g/mol. The Morgan fingerprint density at radius 2 is 1.42 bits per heavy atom. The number of aromatic nitrogens is 1. The molecule has 4 aromatic rings. The van der Waals surface area contributed by atoms with Gasteiger partial charge < -0.3 is 29.9 Å². The van der Waals surface area contributed by atoms with Crippen molar-refractivity contribution in [1.82, 2.24) is 9.88 Å². The number of aliphatic carboxylic acids is 2. The van der Waals surface area contributed by atoms with E-state index in [4.69, 9.17) is 9.47 Å². The van der Waals surface area contributed by atoms with Gasteiger partial charge in [0.25, 0.3) is 11.8 Å². The first kappa shape index (κ1) is 34.6. The van der Waals surface area contributed by atoms with E-state index in [0.717, 1.165) is 29.3 Å². The molecular formula is C33H26F3N3O9. The van der Waals surface area contributed by atoms with Gasteiger partial charge in [0.2, 0.25) is 11.3 Å². The van der Waals surface area contributed by atoms with Crippen molar-refractivity contribution in [3.8, 4) is 17.0 Å². The van der Waals surface area contributed by atoms with Crippen molar-refractivity contribution in [2.75, 3.05) is 26.0 Å². The Hall–Kier alpha value is -6.25. The van der Waals surface area contributed by atoms with Gasteiger partial charge in [-0.05, 0) is 34.9 Å². The molecule has 0 aliphatic rings. The Labute approximate surface area is 270 Å². The molecule has 12 nitrogen and oxygen atoms in total. The van der Waals surface area contributed by atoms with Crippen molar-refractivity contribution < 1.29 is 56.8 Å². The Bertz CT molecular complexity index is 1850. The van der Waals surface area contributed by atoms with Crippen LogP contribution in [0.5, 0.6) is 5.88 Å². The number of hydrogen-bond acceptors (Lipinski definition) is 8. The first-order valence-corrected chi connectivity index (χ1v) is 13.8. The van der Waals surface area contributed by atoms with Crippen LogP contribution in [0.15, 0.2) is 91.1 Å². The summed E-state index contributed by atoms with van der Waals surface area (Å²) >= 11 is 0. The molecule has 1 heterocycles. The average molecular weight is 666 g/mol. The topological polar surface area (TPSA) is 172 Å². The van der Waals surface area contributed by atoms with Gasteiger partial charge in [-0.3, -0.25) is 19.2 Å². The number of hydrogen-bond donors (Lipinski definition) is 3. The van der Waals surface area contributed by atoms with Gasteiger partial charge in [-0.1, -0.05) is 60.7 Å². The zero-order valence-electron chi connectivity index (χ0n) is 25.1. The van der Waals surface area contributed by atoms with Crippen LogP contribution in [0.1, 0.15) is 31.8 Å². The molecule has 3 N–H and O–H groups in total. The van der Waals surface area contributed by atoms with Crippen LogP contribution in [0.3, 0.4) is 0 Å². The van der Waals surface area contributed by atoms with Crippen LogP contribution in [0, 0.1) is 0 Å². The molecule has 2 amide bonds. The van der Waals surface area contributed by atoms with E-state index < -0.39 is 59.5 Å². The summed E-state index contributed by atoms with van der Waals surface area (Å²) in [7, 11) is 2.81. The fraction of sp³-hybridized carbons (Fsp3) is 0.152. The molecule has 0 saturated carbocycles. The molecule has 15 heteroatoms. The summed E-state index contributed by atoms with van der Waals surface area (Å²) in [5.41, 5.74) is -3.34. The highest BCUT2D eigenvalue weighted by atomic mass is 19.4. The Kier molecular flexibility index (Phi) is 10.1. The van der Waals surface area contributed by atoms with E-state index in [1.54, 1.807) is 6.07 Å².